The molecule has 1 nitrogen and oxygen atoms in total. The van der Waals surface area contributed by atoms with E-state index in [4.69, 9.17) is 0 Å². The van der Waals surface area contributed by atoms with Crippen molar-refractivity contribution in [1.82, 2.24) is 4.90 Å². The Balaban J connectivity index is 2.79. The van der Waals surface area contributed by atoms with Crippen LogP contribution in [-0.2, 0) is 0 Å². The largest absolute Gasteiger partial charge is 0.241 e. The number of hydrogen-bond donors (Lipinski definition) is 0. The van der Waals surface area contributed by atoms with Crippen molar-refractivity contribution in [2.24, 2.45) is 0 Å². The van der Waals surface area contributed by atoms with E-state index in [-0.39, 0.29) is 6.54 Å². The number of rotatable bonds is 1. The van der Waals surface area contributed by atoms with Gasteiger partial charge in [-0.3, -0.25) is 0 Å². The zero-order valence-electron chi connectivity index (χ0n) is 6.93. The molecule has 0 bridgehead atoms. The van der Waals surface area contributed by atoms with Gasteiger partial charge in [0.05, 0.1) is 0 Å². The zero-order chi connectivity index (χ0) is 10.2. The van der Waals surface area contributed by atoms with E-state index < -0.39 is 31.1 Å². The third-order valence-electron chi connectivity index (χ3n) is 2.13. The van der Waals surface area contributed by atoms with Gasteiger partial charge in [-0.25, -0.2) is 26.9 Å². The molecular formula is C7H10F5N. The number of halogens is 5. The van der Waals surface area contributed by atoms with Crippen LogP contribution in [0.4, 0.5) is 22.0 Å². The first-order chi connectivity index (χ1) is 6.00. The molecule has 1 aliphatic heterocycles. The molecule has 1 saturated heterocycles. The van der Waals surface area contributed by atoms with Gasteiger partial charge >= 0.3 is 0 Å². The highest BCUT2D eigenvalue weighted by molar-refractivity contribution is 4.92. The molecule has 13 heavy (non-hydrogen) atoms. The van der Waals surface area contributed by atoms with E-state index in [1.807, 2.05) is 0 Å². The Kier molecular flexibility index (Phi) is 3.10. The topological polar surface area (TPSA) is 3.24 Å². The Labute approximate surface area is 72.5 Å². The smallest absolute Gasteiger partial charge is 0.190 e. The molecule has 0 N–H and O–H groups in total. The van der Waals surface area contributed by atoms with Crippen LogP contribution in [0.2, 0.25) is 0 Å². The molecule has 1 fully saturated rings. The van der Waals surface area contributed by atoms with Crippen LogP contribution in [0.3, 0.4) is 0 Å². The predicted molar refractivity (Wildman–Crippen MR) is 36.9 cm³/mol. The number of likely N-dealkylation sites (tertiary alicyclic amines) is 1. The number of alkyl halides is 5. The lowest BCUT2D eigenvalue weighted by Gasteiger charge is -2.38. The SMILES string of the molecule is CCN1C(F)C(F)C(F)C(F)C1F. The van der Waals surface area contributed by atoms with Gasteiger partial charge in [-0.1, -0.05) is 6.92 Å². The summed E-state index contributed by atoms with van der Waals surface area (Å²) in [6, 6.07) is 0. The summed E-state index contributed by atoms with van der Waals surface area (Å²) in [7, 11) is 0. The lowest BCUT2D eigenvalue weighted by atomic mass is 10.0. The lowest BCUT2D eigenvalue weighted by molar-refractivity contribution is -0.162. The second kappa shape index (κ2) is 3.77. The third-order valence-corrected chi connectivity index (χ3v) is 2.13. The second-order valence-electron chi connectivity index (χ2n) is 2.91. The van der Waals surface area contributed by atoms with Gasteiger partial charge in [-0.15, -0.1) is 0 Å². The third kappa shape index (κ3) is 1.63. The van der Waals surface area contributed by atoms with E-state index >= 15 is 0 Å². The fraction of sp³-hybridized carbons (Fsp3) is 1.00. The highest BCUT2D eigenvalue weighted by Crippen LogP contribution is 2.31. The van der Waals surface area contributed by atoms with Crippen molar-refractivity contribution in [3.8, 4) is 0 Å². The summed E-state index contributed by atoms with van der Waals surface area (Å²) >= 11 is 0. The van der Waals surface area contributed by atoms with Crippen LogP contribution >= 0.6 is 0 Å². The average molecular weight is 203 g/mol. The molecule has 1 heterocycles. The minimum Gasteiger partial charge on any atom is -0.241 e. The van der Waals surface area contributed by atoms with Crippen molar-refractivity contribution in [3.63, 3.8) is 0 Å². The van der Waals surface area contributed by atoms with Gasteiger partial charge in [0.15, 0.2) is 31.1 Å². The van der Waals surface area contributed by atoms with Gasteiger partial charge in [-0.05, 0) is 0 Å². The van der Waals surface area contributed by atoms with Crippen LogP contribution < -0.4 is 0 Å². The first-order valence-corrected chi connectivity index (χ1v) is 3.96. The van der Waals surface area contributed by atoms with Crippen LogP contribution in [0.1, 0.15) is 6.92 Å². The first kappa shape index (κ1) is 10.7. The Hall–Kier alpha value is -0.390. The summed E-state index contributed by atoms with van der Waals surface area (Å²) < 4.78 is 63.4. The fourth-order valence-corrected chi connectivity index (χ4v) is 1.33. The molecule has 78 valence electrons. The van der Waals surface area contributed by atoms with E-state index in [9.17, 15) is 22.0 Å². The Morgan fingerprint density at radius 3 is 1.54 bits per heavy atom. The molecule has 0 aromatic rings. The van der Waals surface area contributed by atoms with Gasteiger partial charge in [-0.2, -0.15) is 0 Å². The fourth-order valence-electron chi connectivity index (χ4n) is 1.33. The first-order valence-electron chi connectivity index (χ1n) is 3.96. The van der Waals surface area contributed by atoms with E-state index in [2.05, 4.69) is 0 Å². The Morgan fingerprint density at radius 1 is 0.846 bits per heavy atom. The zero-order valence-corrected chi connectivity index (χ0v) is 6.93. The molecule has 1 aliphatic rings. The average Bonchev–Trinajstić information content (AvgIpc) is 2.13. The molecule has 4 unspecified atom stereocenters. The van der Waals surface area contributed by atoms with E-state index in [0.717, 1.165) is 0 Å². The molecule has 0 aliphatic carbocycles. The van der Waals surface area contributed by atoms with Crippen LogP contribution in [0.5, 0.6) is 0 Å². The van der Waals surface area contributed by atoms with Gasteiger partial charge in [0.2, 0.25) is 0 Å². The summed E-state index contributed by atoms with van der Waals surface area (Å²) in [6.07, 6.45) is -12.7. The number of hydrogen-bond acceptors (Lipinski definition) is 1. The molecular weight excluding hydrogens is 193 g/mol. The summed E-state index contributed by atoms with van der Waals surface area (Å²) in [5.41, 5.74) is 0. The summed E-state index contributed by atoms with van der Waals surface area (Å²) in [5.74, 6) is 0. The predicted octanol–water partition coefficient (Wildman–Crippen LogP) is 1.93. The molecule has 0 saturated carbocycles. The Bertz CT molecular complexity index is 162. The van der Waals surface area contributed by atoms with Crippen molar-refractivity contribution in [2.45, 2.75) is 38.0 Å². The summed E-state index contributed by atoms with van der Waals surface area (Å²) in [6.45, 7) is 1.15. The molecule has 1 rings (SSSR count). The van der Waals surface area contributed by atoms with Gasteiger partial charge < -0.3 is 0 Å². The highest BCUT2D eigenvalue weighted by atomic mass is 19.2. The van der Waals surface area contributed by atoms with Crippen molar-refractivity contribution >= 4 is 0 Å². The van der Waals surface area contributed by atoms with E-state index in [1.165, 1.54) is 6.92 Å². The molecule has 0 amide bonds. The number of piperidine rings is 1. The van der Waals surface area contributed by atoms with E-state index in [0.29, 0.717) is 4.90 Å². The van der Waals surface area contributed by atoms with E-state index in [1.54, 1.807) is 0 Å². The molecule has 0 radical (unpaired) electrons. The normalized spacial score (nSPS) is 48.0. The van der Waals surface area contributed by atoms with Crippen molar-refractivity contribution < 1.29 is 22.0 Å². The molecule has 0 aromatic carbocycles. The van der Waals surface area contributed by atoms with Crippen molar-refractivity contribution in [3.05, 3.63) is 0 Å². The van der Waals surface area contributed by atoms with Gasteiger partial charge in [0.1, 0.15) is 0 Å². The summed E-state index contributed by atoms with van der Waals surface area (Å²) in [5, 5.41) is 0. The second-order valence-corrected chi connectivity index (χ2v) is 2.91. The van der Waals surface area contributed by atoms with Crippen LogP contribution in [-0.4, -0.2) is 42.6 Å². The molecule has 0 spiro atoms. The van der Waals surface area contributed by atoms with Crippen LogP contribution in [0, 0.1) is 0 Å². The van der Waals surface area contributed by atoms with Crippen LogP contribution in [0.25, 0.3) is 0 Å². The Morgan fingerprint density at radius 2 is 1.23 bits per heavy atom. The number of nitrogens with zero attached hydrogens (tertiary/aromatic N) is 1. The van der Waals surface area contributed by atoms with Gasteiger partial charge in [0.25, 0.3) is 0 Å². The quantitative estimate of drug-likeness (QED) is 0.465. The maximum absolute atomic E-state index is 12.8. The monoisotopic (exact) mass is 203 g/mol. The maximum atomic E-state index is 12.8. The standard InChI is InChI=1S/C7H10F5N/c1-2-13-6(11)4(9)3(8)5(10)7(13)12/h3-7H,2H2,1H3. The maximum Gasteiger partial charge on any atom is 0.190 e. The van der Waals surface area contributed by atoms with Crippen molar-refractivity contribution in [1.29, 1.82) is 0 Å². The molecule has 4 atom stereocenters. The minimum atomic E-state index is -2.72. The molecule has 6 heteroatoms. The van der Waals surface area contributed by atoms with Gasteiger partial charge in [0, 0.05) is 6.54 Å². The highest BCUT2D eigenvalue weighted by Gasteiger charge is 2.51. The molecule has 0 aromatic heterocycles. The van der Waals surface area contributed by atoms with Crippen LogP contribution in [0.15, 0.2) is 0 Å². The lowest BCUT2D eigenvalue weighted by Crippen LogP contribution is -2.59. The van der Waals surface area contributed by atoms with Crippen molar-refractivity contribution in [2.75, 3.05) is 6.54 Å². The minimum absolute atomic E-state index is 0.199. The summed E-state index contributed by atoms with van der Waals surface area (Å²) in [4.78, 5) is 0.325.